The van der Waals surface area contributed by atoms with Crippen molar-refractivity contribution < 1.29 is 19.1 Å². The van der Waals surface area contributed by atoms with Crippen LogP contribution in [0.2, 0.25) is 0 Å². The number of amides is 1. The Hall–Kier alpha value is -3.28. The van der Waals surface area contributed by atoms with E-state index < -0.39 is 0 Å². The lowest BCUT2D eigenvalue weighted by molar-refractivity contribution is 0.0941. The SMILES string of the molecule is COc1ccc2c(c1)c(C(=O)Nc1ccc(OC(C)C)cc1)cn2C(C)=O. The van der Waals surface area contributed by atoms with Gasteiger partial charge in [0.05, 0.1) is 24.3 Å². The monoisotopic (exact) mass is 366 g/mol. The maximum absolute atomic E-state index is 12.8. The van der Waals surface area contributed by atoms with E-state index in [2.05, 4.69) is 5.32 Å². The van der Waals surface area contributed by atoms with Crippen LogP contribution in [0.5, 0.6) is 11.5 Å². The number of nitrogens with zero attached hydrogens (tertiary/aromatic N) is 1. The number of ether oxygens (including phenoxy) is 2. The summed E-state index contributed by atoms with van der Waals surface area (Å²) in [7, 11) is 1.56. The van der Waals surface area contributed by atoms with Crippen LogP contribution in [0.4, 0.5) is 5.69 Å². The zero-order valence-corrected chi connectivity index (χ0v) is 15.8. The molecule has 0 radical (unpaired) electrons. The fourth-order valence-electron chi connectivity index (χ4n) is 2.87. The van der Waals surface area contributed by atoms with Gasteiger partial charge in [-0.15, -0.1) is 0 Å². The van der Waals surface area contributed by atoms with Crippen molar-refractivity contribution in [3.8, 4) is 11.5 Å². The lowest BCUT2D eigenvalue weighted by Crippen LogP contribution is -2.12. The molecule has 140 valence electrons. The van der Waals surface area contributed by atoms with E-state index in [1.807, 2.05) is 13.8 Å². The maximum atomic E-state index is 12.8. The number of anilines is 1. The van der Waals surface area contributed by atoms with E-state index in [0.29, 0.717) is 27.9 Å². The molecule has 0 aliphatic carbocycles. The molecule has 0 spiro atoms. The van der Waals surface area contributed by atoms with Gasteiger partial charge < -0.3 is 14.8 Å². The predicted octanol–water partition coefficient (Wildman–Crippen LogP) is 4.35. The van der Waals surface area contributed by atoms with Crippen LogP contribution in [0.25, 0.3) is 10.9 Å². The Kier molecular flexibility index (Phi) is 5.16. The van der Waals surface area contributed by atoms with Gasteiger partial charge in [0.2, 0.25) is 5.91 Å². The van der Waals surface area contributed by atoms with Crippen molar-refractivity contribution in [2.45, 2.75) is 26.9 Å². The number of nitrogens with one attached hydrogen (secondary N) is 1. The molecule has 27 heavy (non-hydrogen) atoms. The Morgan fingerprint density at radius 3 is 2.30 bits per heavy atom. The van der Waals surface area contributed by atoms with Crippen molar-refractivity contribution in [2.24, 2.45) is 0 Å². The summed E-state index contributed by atoms with van der Waals surface area (Å²) >= 11 is 0. The Labute approximate surface area is 157 Å². The summed E-state index contributed by atoms with van der Waals surface area (Å²) in [5.41, 5.74) is 1.71. The lowest BCUT2D eigenvalue weighted by atomic mass is 10.1. The number of hydrogen-bond donors (Lipinski definition) is 1. The smallest absolute Gasteiger partial charge is 0.257 e. The van der Waals surface area contributed by atoms with Crippen LogP contribution in [0.1, 0.15) is 35.9 Å². The molecule has 0 bridgehead atoms. The summed E-state index contributed by atoms with van der Waals surface area (Å²) in [6.07, 6.45) is 1.64. The van der Waals surface area contributed by atoms with Gasteiger partial charge in [0, 0.05) is 24.2 Å². The van der Waals surface area contributed by atoms with Gasteiger partial charge in [-0.3, -0.25) is 14.2 Å². The first-order valence-corrected chi connectivity index (χ1v) is 8.67. The van der Waals surface area contributed by atoms with Gasteiger partial charge in [0.15, 0.2) is 0 Å². The van der Waals surface area contributed by atoms with Crippen molar-refractivity contribution in [3.05, 3.63) is 54.2 Å². The molecule has 1 heterocycles. The van der Waals surface area contributed by atoms with Gasteiger partial charge in [-0.2, -0.15) is 0 Å². The number of rotatable bonds is 5. The zero-order valence-electron chi connectivity index (χ0n) is 15.8. The third kappa shape index (κ3) is 3.95. The topological polar surface area (TPSA) is 69.6 Å². The van der Waals surface area contributed by atoms with E-state index in [-0.39, 0.29) is 17.9 Å². The van der Waals surface area contributed by atoms with E-state index in [1.165, 1.54) is 11.5 Å². The third-order valence-electron chi connectivity index (χ3n) is 4.08. The maximum Gasteiger partial charge on any atom is 0.257 e. The Morgan fingerprint density at radius 2 is 1.70 bits per heavy atom. The number of benzene rings is 2. The first-order valence-electron chi connectivity index (χ1n) is 8.67. The van der Waals surface area contributed by atoms with Gasteiger partial charge in [-0.05, 0) is 56.3 Å². The second-order valence-electron chi connectivity index (χ2n) is 6.46. The highest BCUT2D eigenvalue weighted by molar-refractivity contribution is 6.14. The summed E-state index contributed by atoms with van der Waals surface area (Å²) in [5, 5.41) is 3.52. The molecule has 0 aliphatic rings. The highest BCUT2D eigenvalue weighted by Crippen LogP contribution is 2.27. The average Bonchev–Trinajstić information content (AvgIpc) is 3.02. The molecule has 1 N–H and O–H groups in total. The molecule has 2 aromatic carbocycles. The van der Waals surface area contributed by atoms with Crippen LogP contribution in [-0.2, 0) is 0 Å². The van der Waals surface area contributed by atoms with Crippen LogP contribution in [0.15, 0.2) is 48.7 Å². The van der Waals surface area contributed by atoms with Crippen LogP contribution in [0.3, 0.4) is 0 Å². The van der Waals surface area contributed by atoms with E-state index in [0.717, 1.165) is 5.75 Å². The molecule has 0 unspecified atom stereocenters. The largest absolute Gasteiger partial charge is 0.497 e. The molecule has 0 fully saturated rings. The normalized spacial score (nSPS) is 10.9. The van der Waals surface area contributed by atoms with E-state index in [1.54, 1.807) is 55.8 Å². The molecule has 0 saturated carbocycles. The summed E-state index contributed by atoms with van der Waals surface area (Å²) in [6.45, 7) is 5.36. The van der Waals surface area contributed by atoms with E-state index >= 15 is 0 Å². The first-order chi connectivity index (χ1) is 12.9. The van der Waals surface area contributed by atoms with Crippen LogP contribution >= 0.6 is 0 Å². The molecule has 0 saturated heterocycles. The molecule has 6 nitrogen and oxygen atoms in total. The highest BCUT2D eigenvalue weighted by Gasteiger charge is 2.18. The Bertz CT molecular complexity index is 987. The van der Waals surface area contributed by atoms with Gasteiger partial charge in [0.25, 0.3) is 5.91 Å². The van der Waals surface area contributed by atoms with Crippen LogP contribution < -0.4 is 14.8 Å². The zero-order chi connectivity index (χ0) is 19.6. The molecular formula is C21H22N2O4. The minimum Gasteiger partial charge on any atom is -0.497 e. The van der Waals surface area contributed by atoms with Gasteiger partial charge in [-0.1, -0.05) is 0 Å². The van der Waals surface area contributed by atoms with Crippen molar-refractivity contribution in [1.29, 1.82) is 0 Å². The third-order valence-corrected chi connectivity index (χ3v) is 4.08. The van der Waals surface area contributed by atoms with Crippen molar-refractivity contribution >= 4 is 28.4 Å². The fourth-order valence-corrected chi connectivity index (χ4v) is 2.87. The quantitative estimate of drug-likeness (QED) is 0.729. The van der Waals surface area contributed by atoms with Gasteiger partial charge in [-0.25, -0.2) is 0 Å². The van der Waals surface area contributed by atoms with Crippen molar-refractivity contribution in [2.75, 3.05) is 12.4 Å². The molecule has 0 atom stereocenters. The molecule has 1 aromatic heterocycles. The van der Waals surface area contributed by atoms with Crippen molar-refractivity contribution in [1.82, 2.24) is 4.57 Å². The van der Waals surface area contributed by atoms with Crippen molar-refractivity contribution in [3.63, 3.8) is 0 Å². The number of aromatic nitrogens is 1. The second kappa shape index (κ2) is 7.53. The van der Waals surface area contributed by atoms with E-state index in [4.69, 9.17) is 9.47 Å². The molecule has 6 heteroatoms. The molecule has 1 amide bonds. The Morgan fingerprint density at radius 1 is 1.04 bits per heavy atom. The fraction of sp³-hybridized carbons (Fsp3) is 0.238. The predicted molar refractivity (Wildman–Crippen MR) is 105 cm³/mol. The lowest BCUT2D eigenvalue weighted by Gasteiger charge is -2.10. The minimum absolute atomic E-state index is 0.0816. The first kappa shape index (κ1) is 18.5. The summed E-state index contributed by atoms with van der Waals surface area (Å²) < 4.78 is 12.3. The summed E-state index contributed by atoms with van der Waals surface area (Å²) in [4.78, 5) is 24.7. The minimum atomic E-state index is -0.300. The molecule has 3 aromatic rings. The number of fused-ring (bicyclic) bond motifs is 1. The number of carbonyl (C=O) groups excluding carboxylic acids is 2. The summed E-state index contributed by atoms with van der Waals surface area (Å²) in [6, 6.07) is 12.4. The van der Waals surface area contributed by atoms with Crippen LogP contribution in [-0.4, -0.2) is 29.6 Å². The van der Waals surface area contributed by atoms with Gasteiger partial charge in [0.1, 0.15) is 11.5 Å². The number of carbonyl (C=O) groups is 2. The van der Waals surface area contributed by atoms with E-state index in [9.17, 15) is 9.59 Å². The number of hydrogen-bond acceptors (Lipinski definition) is 4. The molecule has 0 aliphatic heterocycles. The molecular weight excluding hydrogens is 344 g/mol. The highest BCUT2D eigenvalue weighted by atomic mass is 16.5. The standard InChI is InChI=1S/C21H22N2O4/c1-13(2)27-16-7-5-15(6-8-16)22-21(25)19-12-23(14(3)24)20-10-9-17(26-4)11-18(19)20/h5-13H,1-4H3,(H,22,25). The molecule has 3 rings (SSSR count). The number of methoxy groups -OCH3 is 1. The van der Waals surface area contributed by atoms with Crippen LogP contribution in [0, 0.1) is 0 Å². The average molecular weight is 366 g/mol. The van der Waals surface area contributed by atoms with Gasteiger partial charge >= 0.3 is 0 Å². The Balaban J connectivity index is 1.92. The summed E-state index contributed by atoms with van der Waals surface area (Å²) in [5.74, 6) is 0.888. The second-order valence-corrected chi connectivity index (χ2v) is 6.46.